The van der Waals surface area contributed by atoms with Crippen LogP contribution >= 0.6 is 7.92 Å². The highest BCUT2D eigenvalue weighted by Gasteiger charge is 2.11. The van der Waals surface area contributed by atoms with Gasteiger partial charge in [-0.25, -0.2) is 0 Å². The molecule has 24 heavy (non-hydrogen) atoms. The van der Waals surface area contributed by atoms with Crippen molar-refractivity contribution in [3.8, 4) is 0 Å². The lowest BCUT2D eigenvalue weighted by atomic mass is 10.1. The van der Waals surface area contributed by atoms with Gasteiger partial charge in [0, 0.05) is 0 Å². The molecule has 0 aliphatic rings. The van der Waals surface area contributed by atoms with Crippen molar-refractivity contribution in [1.82, 2.24) is 0 Å². The topological polar surface area (TPSA) is 0 Å². The van der Waals surface area contributed by atoms with Crippen LogP contribution in [0.15, 0.2) is 103 Å². The van der Waals surface area contributed by atoms with Gasteiger partial charge in [0.1, 0.15) is 0 Å². The van der Waals surface area contributed by atoms with Crippen molar-refractivity contribution < 1.29 is 0 Å². The van der Waals surface area contributed by atoms with Crippen LogP contribution in [-0.4, -0.2) is 6.16 Å². The van der Waals surface area contributed by atoms with E-state index in [1.807, 2.05) is 0 Å². The van der Waals surface area contributed by atoms with Gasteiger partial charge < -0.3 is 0 Å². The van der Waals surface area contributed by atoms with E-state index in [0.717, 1.165) is 19.0 Å². The van der Waals surface area contributed by atoms with Crippen molar-refractivity contribution in [3.05, 3.63) is 109 Å². The number of rotatable bonds is 7. The van der Waals surface area contributed by atoms with Crippen molar-refractivity contribution in [2.75, 3.05) is 6.16 Å². The maximum atomic E-state index is 2.37. The first-order chi connectivity index (χ1) is 11.9. The molecule has 3 aromatic carbocycles. The minimum atomic E-state index is -0.309. The van der Waals surface area contributed by atoms with E-state index >= 15 is 0 Å². The van der Waals surface area contributed by atoms with E-state index < -0.39 is 0 Å². The molecule has 0 fully saturated rings. The molecule has 0 aliphatic carbocycles. The van der Waals surface area contributed by atoms with Gasteiger partial charge in [0.2, 0.25) is 0 Å². The van der Waals surface area contributed by atoms with E-state index in [0.29, 0.717) is 0 Å². The fraction of sp³-hybridized carbons (Fsp3) is 0.130. The Hall–Kier alpha value is -2.17. The molecule has 0 atom stereocenters. The van der Waals surface area contributed by atoms with Crippen molar-refractivity contribution in [1.29, 1.82) is 0 Å². The maximum Gasteiger partial charge on any atom is -0.00642 e. The lowest BCUT2D eigenvalue weighted by molar-refractivity contribution is 1.000. The summed E-state index contributed by atoms with van der Waals surface area (Å²) in [7, 11) is -0.309. The van der Waals surface area contributed by atoms with E-state index in [2.05, 4.69) is 103 Å². The standard InChI is InChI=1S/C23H23P/c1-5-13-21(14-6-1)15-7-4-12-20-24(22-16-8-2-9-17-22)23-18-10-3-11-19-23/h1-6,8-14,16-19H,7,15,20H2/b12-4-. The summed E-state index contributed by atoms with van der Waals surface area (Å²) in [6.45, 7) is 0. The van der Waals surface area contributed by atoms with Crippen LogP contribution in [0.2, 0.25) is 0 Å². The largest absolute Gasteiger partial charge is 0.0878 e. The van der Waals surface area contributed by atoms with Crippen molar-refractivity contribution in [3.63, 3.8) is 0 Å². The summed E-state index contributed by atoms with van der Waals surface area (Å²) in [5, 5.41) is 2.90. The number of hydrogen-bond donors (Lipinski definition) is 0. The molecule has 3 aromatic rings. The van der Waals surface area contributed by atoms with Crippen LogP contribution in [0.25, 0.3) is 0 Å². The van der Waals surface area contributed by atoms with Gasteiger partial charge in [-0.1, -0.05) is 103 Å². The lowest BCUT2D eigenvalue weighted by Crippen LogP contribution is -2.12. The zero-order valence-corrected chi connectivity index (χ0v) is 14.8. The fourth-order valence-electron chi connectivity index (χ4n) is 2.77. The molecule has 1 heteroatoms. The molecule has 0 N–H and O–H groups in total. The zero-order valence-electron chi connectivity index (χ0n) is 13.9. The minimum absolute atomic E-state index is 0.309. The molecule has 0 spiro atoms. The molecule has 0 amide bonds. The molecule has 0 radical (unpaired) electrons. The Bertz CT molecular complexity index is 693. The maximum absolute atomic E-state index is 2.37. The second kappa shape index (κ2) is 9.21. The highest BCUT2D eigenvalue weighted by molar-refractivity contribution is 7.73. The second-order valence-electron chi connectivity index (χ2n) is 5.78. The Balaban J connectivity index is 1.63. The summed E-state index contributed by atoms with van der Waals surface area (Å²) in [5.74, 6) is 0. The number of aryl methyl sites for hydroxylation is 1. The Morgan fingerprint density at radius 3 is 1.62 bits per heavy atom. The van der Waals surface area contributed by atoms with E-state index in [1.54, 1.807) is 0 Å². The molecule has 0 bridgehead atoms. The smallest absolute Gasteiger partial charge is 0.00642 e. The molecular weight excluding hydrogens is 307 g/mol. The quantitative estimate of drug-likeness (QED) is 0.407. The van der Waals surface area contributed by atoms with Crippen molar-refractivity contribution in [2.24, 2.45) is 0 Å². The van der Waals surface area contributed by atoms with Crippen molar-refractivity contribution >= 4 is 18.5 Å². The van der Waals surface area contributed by atoms with Crippen molar-refractivity contribution in [2.45, 2.75) is 12.8 Å². The molecule has 0 unspecified atom stereocenters. The average molecular weight is 330 g/mol. The third-order valence-electron chi connectivity index (χ3n) is 4.03. The third-order valence-corrected chi connectivity index (χ3v) is 6.45. The normalized spacial score (nSPS) is 11.2. The highest BCUT2D eigenvalue weighted by atomic mass is 31.1. The van der Waals surface area contributed by atoms with Crippen LogP contribution in [0.4, 0.5) is 0 Å². The molecule has 0 nitrogen and oxygen atoms in total. The lowest BCUT2D eigenvalue weighted by Gasteiger charge is -2.16. The summed E-state index contributed by atoms with van der Waals surface area (Å²) in [6, 6.07) is 32.5. The average Bonchev–Trinajstić information content (AvgIpc) is 2.67. The summed E-state index contributed by atoms with van der Waals surface area (Å²) >= 11 is 0. The molecule has 120 valence electrons. The highest BCUT2D eigenvalue weighted by Crippen LogP contribution is 2.33. The number of allylic oxidation sites excluding steroid dienone is 2. The van der Waals surface area contributed by atoms with E-state index in [1.165, 1.54) is 16.2 Å². The van der Waals surface area contributed by atoms with Crippen LogP contribution in [0.5, 0.6) is 0 Å². The molecule has 0 saturated heterocycles. The molecule has 3 rings (SSSR count). The molecular formula is C23H23P. The predicted octanol–water partition coefficient (Wildman–Crippen LogP) is 5.31. The van der Waals surface area contributed by atoms with Crippen LogP contribution in [-0.2, 0) is 6.42 Å². The van der Waals surface area contributed by atoms with Crippen LogP contribution in [0.3, 0.4) is 0 Å². The predicted molar refractivity (Wildman–Crippen MR) is 108 cm³/mol. The van der Waals surface area contributed by atoms with Gasteiger partial charge in [-0.15, -0.1) is 0 Å². The first kappa shape index (κ1) is 16.7. The molecule has 0 heterocycles. The van der Waals surface area contributed by atoms with Gasteiger partial charge in [-0.3, -0.25) is 0 Å². The van der Waals surface area contributed by atoms with Gasteiger partial charge in [0.25, 0.3) is 0 Å². The van der Waals surface area contributed by atoms with E-state index in [9.17, 15) is 0 Å². The first-order valence-corrected chi connectivity index (χ1v) is 10.0. The number of hydrogen-bond acceptors (Lipinski definition) is 0. The van der Waals surface area contributed by atoms with E-state index in [-0.39, 0.29) is 7.92 Å². The van der Waals surface area contributed by atoms with Gasteiger partial charge in [-0.2, -0.15) is 0 Å². The Kier molecular flexibility index (Phi) is 6.40. The number of benzene rings is 3. The summed E-state index contributed by atoms with van der Waals surface area (Å²) in [6.07, 6.45) is 8.05. The Labute approximate surface area is 146 Å². The first-order valence-electron chi connectivity index (χ1n) is 8.50. The minimum Gasteiger partial charge on any atom is -0.0878 e. The van der Waals surface area contributed by atoms with Gasteiger partial charge in [0.05, 0.1) is 0 Å². The zero-order chi connectivity index (χ0) is 16.5. The molecule has 0 aromatic heterocycles. The van der Waals surface area contributed by atoms with Crippen LogP contribution in [0.1, 0.15) is 12.0 Å². The van der Waals surface area contributed by atoms with Gasteiger partial charge in [-0.05, 0) is 43.1 Å². The van der Waals surface area contributed by atoms with Crippen LogP contribution < -0.4 is 10.6 Å². The third kappa shape index (κ3) is 4.91. The Morgan fingerprint density at radius 2 is 1.08 bits per heavy atom. The summed E-state index contributed by atoms with van der Waals surface area (Å²) in [4.78, 5) is 0. The SMILES string of the molecule is C(=C/CP(c1ccccc1)c1ccccc1)/CCc1ccccc1. The van der Waals surface area contributed by atoms with E-state index in [4.69, 9.17) is 0 Å². The monoisotopic (exact) mass is 330 g/mol. The summed E-state index contributed by atoms with van der Waals surface area (Å²) in [5.41, 5.74) is 1.41. The van der Waals surface area contributed by atoms with Crippen LogP contribution in [0, 0.1) is 0 Å². The van der Waals surface area contributed by atoms with Gasteiger partial charge >= 0.3 is 0 Å². The van der Waals surface area contributed by atoms with Gasteiger partial charge in [0.15, 0.2) is 0 Å². The Morgan fingerprint density at radius 1 is 0.583 bits per heavy atom. The fourth-order valence-corrected chi connectivity index (χ4v) is 4.91. The molecule has 0 saturated carbocycles. The molecule has 0 aliphatic heterocycles. The summed E-state index contributed by atoms with van der Waals surface area (Å²) < 4.78 is 0. The second-order valence-corrected chi connectivity index (χ2v) is 8.03.